The number of carboxylic acids is 1. The number of esters is 2. The van der Waals surface area contributed by atoms with Gasteiger partial charge in [-0.3, -0.25) is 9.59 Å². The molecule has 0 aliphatic rings. The van der Waals surface area contributed by atoms with E-state index in [1.54, 1.807) is 0 Å². The van der Waals surface area contributed by atoms with Gasteiger partial charge in [0.05, 0.1) is 34.4 Å². The Labute approximate surface area is 351 Å². The Balaban J connectivity index is 4.18. The zero-order valence-corrected chi connectivity index (χ0v) is 38.1. The third-order valence-corrected chi connectivity index (χ3v) is 10.8. The van der Waals surface area contributed by atoms with Crippen molar-refractivity contribution in [1.82, 2.24) is 0 Å². The summed E-state index contributed by atoms with van der Waals surface area (Å²) < 4.78 is 17.3. The molecule has 0 heterocycles. The molecule has 0 saturated carbocycles. The lowest BCUT2D eigenvalue weighted by molar-refractivity contribution is -0.887. The molecule has 0 amide bonds. The molecule has 0 saturated heterocycles. The summed E-state index contributed by atoms with van der Waals surface area (Å²) in [6, 6.07) is -0.614. The molecule has 57 heavy (non-hydrogen) atoms. The quantitative estimate of drug-likeness (QED) is 0.0283. The van der Waals surface area contributed by atoms with Crippen molar-refractivity contribution in [3.63, 3.8) is 0 Å². The minimum absolute atomic E-state index is 0.0561. The largest absolute Gasteiger partial charge is 0.477 e. The number of quaternary nitrogens is 1. The number of unbranched alkanes of at least 4 members (excludes halogenated alkanes) is 25. The lowest BCUT2D eigenvalue weighted by Gasteiger charge is -2.31. The first-order valence-corrected chi connectivity index (χ1v) is 23.9. The smallest absolute Gasteiger partial charge is 0.362 e. The maximum Gasteiger partial charge on any atom is 0.362 e. The van der Waals surface area contributed by atoms with Crippen molar-refractivity contribution in [1.29, 1.82) is 0 Å². The Hall–Kier alpha value is -2.19. The summed E-state index contributed by atoms with van der Waals surface area (Å²) in [7, 11) is 5.53. The number of aliphatic carboxylic acids is 1. The lowest BCUT2D eigenvalue weighted by atomic mass is 10.0. The summed E-state index contributed by atoms with van der Waals surface area (Å²) in [5, 5.41) is 9.62. The molecule has 0 rings (SSSR count). The van der Waals surface area contributed by atoms with E-state index < -0.39 is 18.1 Å². The van der Waals surface area contributed by atoms with Gasteiger partial charge in [0, 0.05) is 19.3 Å². The Morgan fingerprint density at radius 2 is 0.895 bits per heavy atom. The maximum absolute atomic E-state index is 12.7. The van der Waals surface area contributed by atoms with Gasteiger partial charge in [0.2, 0.25) is 0 Å². The first-order valence-electron chi connectivity index (χ1n) is 23.9. The third kappa shape index (κ3) is 39.1. The highest BCUT2D eigenvalue weighted by Gasteiger charge is 2.31. The van der Waals surface area contributed by atoms with Gasteiger partial charge in [0.15, 0.2) is 12.1 Å². The van der Waals surface area contributed by atoms with Crippen LogP contribution in [-0.2, 0) is 28.6 Å². The highest BCUT2D eigenvalue weighted by Crippen LogP contribution is 2.15. The average Bonchev–Trinajstić information content (AvgIpc) is 3.17. The highest BCUT2D eigenvalue weighted by molar-refractivity contribution is 5.72. The fourth-order valence-electron chi connectivity index (χ4n) is 7.07. The summed E-state index contributed by atoms with van der Waals surface area (Å²) in [5.74, 6) is -1.48. The SMILES string of the molecule is CCCC/C=C/CCCCCCC(=O)OCC(COCCC(C(=O)O)[N+](C)(C)C)OC(=O)CCCCCCCCC/C=C/CCCCCCCCCCCCCC. The van der Waals surface area contributed by atoms with E-state index in [1.165, 1.54) is 128 Å². The normalized spacial score (nSPS) is 13.1. The second-order valence-corrected chi connectivity index (χ2v) is 17.4. The highest BCUT2D eigenvalue weighted by atomic mass is 16.6. The molecule has 8 nitrogen and oxygen atoms in total. The van der Waals surface area contributed by atoms with Gasteiger partial charge in [-0.15, -0.1) is 0 Å². The number of hydrogen-bond acceptors (Lipinski definition) is 6. The van der Waals surface area contributed by atoms with Crippen molar-refractivity contribution < 1.29 is 38.2 Å². The number of likely N-dealkylation sites (N-methyl/N-ethyl adjacent to an activating group) is 1. The molecule has 0 fully saturated rings. The number of carboxylic acid groups (broad SMARTS) is 1. The van der Waals surface area contributed by atoms with Crippen LogP contribution < -0.4 is 0 Å². The van der Waals surface area contributed by atoms with Gasteiger partial charge in [-0.05, 0) is 57.8 Å². The zero-order valence-electron chi connectivity index (χ0n) is 38.1. The minimum atomic E-state index is -0.876. The van der Waals surface area contributed by atoms with Gasteiger partial charge in [0.1, 0.15) is 6.61 Å². The van der Waals surface area contributed by atoms with Crippen molar-refractivity contribution in [3.05, 3.63) is 24.3 Å². The van der Waals surface area contributed by atoms with Crippen LogP contribution >= 0.6 is 0 Å². The Bertz CT molecular complexity index is 989. The van der Waals surface area contributed by atoms with Crippen molar-refractivity contribution in [2.75, 3.05) is 41.0 Å². The Morgan fingerprint density at radius 3 is 1.32 bits per heavy atom. The van der Waals surface area contributed by atoms with Crippen LogP contribution in [0.4, 0.5) is 0 Å². The summed E-state index contributed by atoms with van der Waals surface area (Å²) in [6.07, 6.45) is 45.2. The second-order valence-electron chi connectivity index (χ2n) is 17.4. The maximum atomic E-state index is 12.7. The summed E-state index contributed by atoms with van der Waals surface area (Å²) >= 11 is 0. The summed E-state index contributed by atoms with van der Waals surface area (Å²) in [5.41, 5.74) is 0. The van der Waals surface area contributed by atoms with Crippen molar-refractivity contribution in [2.45, 2.75) is 231 Å². The van der Waals surface area contributed by atoms with E-state index in [4.69, 9.17) is 14.2 Å². The molecule has 0 bridgehead atoms. The van der Waals surface area contributed by atoms with Crippen LogP contribution in [0.5, 0.6) is 0 Å². The lowest BCUT2D eigenvalue weighted by Crippen LogP contribution is -2.50. The number of hydrogen-bond donors (Lipinski definition) is 1. The predicted octanol–water partition coefficient (Wildman–Crippen LogP) is 13.3. The van der Waals surface area contributed by atoms with Gasteiger partial charge in [-0.25, -0.2) is 4.79 Å². The van der Waals surface area contributed by atoms with Gasteiger partial charge in [-0.1, -0.05) is 167 Å². The van der Waals surface area contributed by atoms with Gasteiger partial charge in [-0.2, -0.15) is 0 Å². The molecule has 0 aliphatic carbocycles. The van der Waals surface area contributed by atoms with E-state index in [0.29, 0.717) is 19.3 Å². The van der Waals surface area contributed by atoms with Crippen LogP contribution in [0.2, 0.25) is 0 Å². The fraction of sp³-hybridized carbons (Fsp3) is 0.857. The molecule has 2 unspecified atom stereocenters. The molecule has 0 spiro atoms. The first-order chi connectivity index (χ1) is 27.6. The molecule has 1 N–H and O–H groups in total. The van der Waals surface area contributed by atoms with Crippen molar-refractivity contribution >= 4 is 17.9 Å². The number of rotatable bonds is 43. The summed E-state index contributed by atoms with van der Waals surface area (Å²) in [4.78, 5) is 36.9. The molecule has 0 aromatic heterocycles. The molecule has 0 aromatic rings. The van der Waals surface area contributed by atoms with E-state index in [9.17, 15) is 19.5 Å². The number of allylic oxidation sites excluding steroid dienone is 4. The van der Waals surface area contributed by atoms with Crippen LogP contribution in [0, 0.1) is 0 Å². The molecule has 334 valence electrons. The first kappa shape index (κ1) is 54.8. The molecule has 0 aliphatic heterocycles. The van der Waals surface area contributed by atoms with E-state index in [0.717, 1.165) is 57.8 Å². The monoisotopic (exact) mass is 807 g/mol. The number of carbonyl (C=O) groups excluding carboxylic acids is 2. The van der Waals surface area contributed by atoms with Crippen LogP contribution in [0.1, 0.15) is 219 Å². The van der Waals surface area contributed by atoms with Crippen molar-refractivity contribution in [2.24, 2.45) is 0 Å². The Kier molecular flexibility index (Phi) is 39.0. The van der Waals surface area contributed by atoms with Gasteiger partial charge in [0.25, 0.3) is 0 Å². The molecule has 0 radical (unpaired) electrons. The zero-order chi connectivity index (χ0) is 42.1. The van der Waals surface area contributed by atoms with Crippen LogP contribution in [0.3, 0.4) is 0 Å². The fourth-order valence-corrected chi connectivity index (χ4v) is 7.07. The predicted molar refractivity (Wildman–Crippen MR) is 238 cm³/mol. The summed E-state index contributed by atoms with van der Waals surface area (Å²) in [6.45, 7) is 4.70. The van der Waals surface area contributed by atoms with Crippen LogP contribution in [0.15, 0.2) is 24.3 Å². The standard InChI is InChI=1S/C49H91NO7/c1-6-8-10-12-14-16-18-19-20-21-22-23-24-25-26-27-28-29-30-32-34-36-38-40-48(52)57-45(43-55-42-41-46(49(53)54)50(3,4)5)44-56-47(51)39-37-35-33-31-17-15-13-11-9-7-2/h13,15,25-26,45-46H,6-12,14,16-24,27-44H2,1-5H3/p+1/b15-13+,26-25+. The van der Waals surface area contributed by atoms with E-state index in [2.05, 4.69) is 38.2 Å². The van der Waals surface area contributed by atoms with Gasteiger partial charge < -0.3 is 23.8 Å². The number of nitrogens with zero attached hydrogens (tertiary/aromatic N) is 1. The topological polar surface area (TPSA) is 99.1 Å². The second kappa shape index (κ2) is 40.6. The van der Waals surface area contributed by atoms with Gasteiger partial charge >= 0.3 is 17.9 Å². The Morgan fingerprint density at radius 1 is 0.509 bits per heavy atom. The van der Waals surface area contributed by atoms with Crippen LogP contribution in [-0.4, -0.2) is 80.6 Å². The molecule has 0 aromatic carbocycles. The molecule has 8 heteroatoms. The van der Waals surface area contributed by atoms with Crippen LogP contribution in [0.25, 0.3) is 0 Å². The molecular formula is C49H92NO7+. The van der Waals surface area contributed by atoms with E-state index >= 15 is 0 Å². The minimum Gasteiger partial charge on any atom is -0.477 e. The molecular weight excluding hydrogens is 715 g/mol. The van der Waals surface area contributed by atoms with E-state index in [1.807, 2.05) is 21.1 Å². The number of carbonyl (C=O) groups is 3. The average molecular weight is 807 g/mol. The third-order valence-electron chi connectivity index (χ3n) is 10.8. The van der Waals surface area contributed by atoms with Crippen molar-refractivity contribution in [3.8, 4) is 0 Å². The molecule has 2 atom stereocenters. The number of ether oxygens (including phenoxy) is 3. The van der Waals surface area contributed by atoms with E-state index in [-0.39, 0.29) is 36.2 Å².